The van der Waals surface area contributed by atoms with Crippen LogP contribution >= 0.6 is 0 Å². The summed E-state index contributed by atoms with van der Waals surface area (Å²) in [5, 5.41) is 5.33. The molecule has 2 N–H and O–H groups in total. The Morgan fingerprint density at radius 3 is 3.17 bits per heavy atom. The van der Waals surface area contributed by atoms with E-state index in [0.717, 1.165) is 5.52 Å². The van der Waals surface area contributed by atoms with Crippen LogP contribution < -0.4 is 10.6 Å². The van der Waals surface area contributed by atoms with Gasteiger partial charge in [0, 0.05) is 24.8 Å². The number of fused-ring (bicyclic) bond motifs is 1. The average molecular weight is 246 g/mol. The molecule has 0 saturated carbocycles. The Balaban J connectivity index is 1.89. The van der Waals surface area contributed by atoms with Gasteiger partial charge in [0.15, 0.2) is 0 Å². The minimum atomic E-state index is -0.121. The standard InChI is InChI=1S/C12H14N4O2/c17-9-13-3-1-4-15-12(18)10-2-5-16-8-14-7-11(16)6-10/h2,5-9H,1,3-4H2,(H,13,17)(H,15,18). The molecule has 0 bridgehead atoms. The second kappa shape index (κ2) is 5.81. The maximum atomic E-state index is 11.8. The minimum Gasteiger partial charge on any atom is -0.359 e. The highest BCUT2D eigenvalue weighted by Gasteiger charge is 2.05. The quantitative estimate of drug-likeness (QED) is 0.564. The summed E-state index contributed by atoms with van der Waals surface area (Å²) in [6.45, 7) is 1.09. The Morgan fingerprint density at radius 1 is 1.44 bits per heavy atom. The third kappa shape index (κ3) is 2.85. The van der Waals surface area contributed by atoms with E-state index in [-0.39, 0.29) is 5.91 Å². The van der Waals surface area contributed by atoms with Crippen molar-refractivity contribution in [2.24, 2.45) is 0 Å². The van der Waals surface area contributed by atoms with Crippen molar-refractivity contribution < 1.29 is 9.59 Å². The number of imidazole rings is 1. The van der Waals surface area contributed by atoms with Crippen LogP contribution in [0.15, 0.2) is 30.9 Å². The summed E-state index contributed by atoms with van der Waals surface area (Å²) in [7, 11) is 0. The number of nitrogens with zero attached hydrogens (tertiary/aromatic N) is 2. The molecule has 0 aliphatic rings. The van der Waals surface area contributed by atoms with E-state index in [9.17, 15) is 9.59 Å². The van der Waals surface area contributed by atoms with Crippen LogP contribution in [0, 0.1) is 0 Å². The Hall–Kier alpha value is -2.37. The van der Waals surface area contributed by atoms with E-state index >= 15 is 0 Å². The zero-order valence-corrected chi connectivity index (χ0v) is 9.80. The average Bonchev–Trinajstić information content (AvgIpc) is 2.85. The van der Waals surface area contributed by atoms with Crippen LogP contribution in [0.1, 0.15) is 16.8 Å². The van der Waals surface area contributed by atoms with Gasteiger partial charge in [0.25, 0.3) is 5.91 Å². The molecule has 0 radical (unpaired) electrons. The first kappa shape index (κ1) is 12.1. The first-order valence-electron chi connectivity index (χ1n) is 5.68. The molecule has 0 aliphatic carbocycles. The molecule has 2 rings (SSSR count). The van der Waals surface area contributed by atoms with Gasteiger partial charge in [-0.15, -0.1) is 0 Å². The lowest BCUT2D eigenvalue weighted by Gasteiger charge is -2.05. The van der Waals surface area contributed by atoms with Crippen molar-refractivity contribution in [2.45, 2.75) is 6.42 Å². The molecule has 2 amide bonds. The Kier molecular flexibility index (Phi) is 3.90. The molecule has 2 heterocycles. The smallest absolute Gasteiger partial charge is 0.251 e. The number of carbonyl (C=O) groups excluding carboxylic acids is 2. The van der Waals surface area contributed by atoms with E-state index in [0.29, 0.717) is 31.5 Å². The van der Waals surface area contributed by atoms with Crippen LogP contribution in [0.4, 0.5) is 0 Å². The summed E-state index contributed by atoms with van der Waals surface area (Å²) in [4.78, 5) is 25.8. The van der Waals surface area contributed by atoms with Crippen molar-refractivity contribution in [2.75, 3.05) is 13.1 Å². The molecule has 2 aromatic heterocycles. The number of rotatable bonds is 6. The number of aromatic nitrogens is 2. The molecular weight excluding hydrogens is 232 g/mol. The van der Waals surface area contributed by atoms with Crippen LogP contribution in [-0.2, 0) is 4.79 Å². The maximum Gasteiger partial charge on any atom is 0.251 e. The zero-order chi connectivity index (χ0) is 12.8. The highest BCUT2D eigenvalue weighted by atomic mass is 16.1. The maximum absolute atomic E-state index is 11.8. The first-order chi connectivity index (χ1) is 8.81. The molecule has 0 aromatic carbocycles. The predicted molar refractivity (Wildman–Crippen MR) is 66.2 cm³/mol. The van der Waals surface area contributed by atoms with Crippen molar-refractivity contribution in [3.05, 3.63) is 36.4 Å². The summed E-state index contributed by atoms with van der Waals surface area (Å²) in [5.74, 6) is -0.121. The zero-order valence-electron chi connectivity index (χ0n) is 9.80. The molecule has 2 aromatic rings. The highest BCUT2D eigenvalue weighted by molar-refractivity contribution is 5.95. The van der Waals surface area contributed by atoms with E-state index in [4.69, 9.17) is 0 Å². The minimum absolute atomic E-state index is 0.121. The van der Waals surface area contributed by atoms with Crippen molar-refractivity contribution >= 4 is 17.8 Å². The molecule has 6 heteroatoms. The van der Waals surface area contributed by atoms with E-state index in [1.54, 1.807) is 30.9 Å². The number of carbonyl (C=O) groups is 2. The van der Waals surface area contributed by atoms with Crippen LogP contribution in [-0.4, -0.2) is 34.8 Å². The third-order valence-electron chi connectivity index (χ3n) is 2.54. The monoisotopic (exact) mass is 246 g/mol. The van der Waals surface area contributed by atoms with Crippen molar-refractivity contribution in [1.29, 1.82) is 0 Å². The van der Waals surface area contributed by atoms with Gasteiger partial charge in [-0.1, -0.05) is 0 Å². The van der Waals surface area contributed by atoms with Gasteiger partial charge in [-0.05, 0) is 18.6 Å². The number of amides is 2. The van der Waals surface area contributed by atoms with Crippen molar-refractivity contribution in [3.63, 3.8) is 0 Å². The lowest BCUT2D eigenvalue weighted by molar-refractivity contribution is -0.109. The van der Waals surface area contributed by atoms with Gasteiger partial charge >= 0.3 is 0 Å². The second-order valence-corrected chi connectivity index (χ2v) is 3.82. The number of hydrogen-bond donors (Lipinski definition) is 2. The summed E-state index contributed by atoms with van der Waals surface area (Å²) in [6.07, 6.45) is 6.53. The molecule has 6 nitrogen and oxygen atoms in total. The fourth-order valence-corrected chi connectivity index (χ4v) is 1.61. The van der Waals surface area contributed by atoms with E-state index < -0.39 is 0 Å². The van der Waals surface area contributed by atoms with Crippen LogP contribution in [0.2, 0.25) is 0 Å². The fraction of sp³-hybridized carbons (Fsp3) is 0.250. The van der Waals surface area contributed by atoms with Crippen LogP contribution in [0.5, 0.6) is 0 Å². The predicted octanol–water partition coefficient (Wildman–Crippen LogP) is 0.200. The summed E-state index contributed by atoms with van der Waals surface area (Å²) in [6, 6.07) is 3.53. The van der Waals surface area contributed by atoms with Gasteiger partial charge in [0.05, 0.1) is 18.0 Å². The molecule has 0 saturated heterocycles. The molecule has 0 unspecified atom stereocenters. The molecule has 0 aliphatic heterocycles. The molecule has 94 valence electrons. The second-order valence-electron chi connectivity index (χ2n) is 3.82. The first-order valence-corrected chi connectivity index (χ1v) is 5.68. The van der Waals surface area contributed by atoms with E-state index in [2.05, 4.69) is 15.6 Å². The normalized spacial score (nSPS) is 10.2. The number of nitrogens with one attached hydrogen (secondary N) is 2. The Labute approximate surface area is 104 Å². The summed E-state index contributed by atoms with van der Waals surface area (Å²) in [5.41, 5.74) is 1.48. The van der Waals surface area contributed by atoms with Gasteiger partial charge in [-0.2, -0.15) is 0 Å². The lowest BCUT2D eigenvalue weighted by Crippen LogP contribution is -2.27. The van der Waals surface area contributed by atoms with Crippen LogP contribution in [0.25, 0.3) is 5.52 Å². The SMILES string of the molecule is O=CNCCCNC(=O)c1ccn2cncc2c1. The largest absolute Gasteiger partial charge is 0.359 e. The molecular formula is C12H14N4O2. The topological polar surface area (TPSA) is 75.5 Å². The highest BCUT2D eigenvalue weighted by Crippen LogP contribution is 2.06. The van der Waals surface area contributed by atoms with Gasteiger partial charge in [-0.3, -0.25) is 9.59 Å². The van der Waals surface area contributed by atoms with Gasteiger partial charge < -0.3 is 15.0 Å². The summed E-state index contributed by atoms with van der Waals surface area (Å²) >= 11 is 0. The van der Waals surface area contributed by atoms with Gasteiger partial charge in [-0.25, -0.2) is 4.98 Å². The number of hydrogen-bond acceptors (Lipinski definition) is 3. The summed E-state index contributed by atoms with van der Waals surface area (Å²) < 4.78 is 1.84. The lowest BCUT2D eigenvalue weighted by atomic mass is 10.2. The van der Waals surface area contributed by atoms with Gasteiger partial charge in [0.1, 0.15) is 0 Å². The molecule has 18 heavy (non-hydrogen) atoms. The van der Waals surface area contributed by atoms with Gasteiger partial charge in [0.2, 0.25) is 6.41 Å². The Bertz CT molecular complexity index is 550. The number of pyridine rings is 1. The van der Waals surface area contributed by atoms with Crippen LogP contribution in [0.3, 0.4) is 0 Å². The van der Waals surface area contributed by atoms with E-state index in [1.807, 2.05) is 4.40 Å². The van der Waals surface area contributed by atoms with E-state index in [1.165, 1.54) is 0 Å². The molecule has 0 atom stereocenters. The Morgan fingerprint density at radius 2 is 2.33 bits per heavy atom. The molecule has 0 fully saturated rings. The van der Waals surface area contributed by atoms with Crippen molar-refractivity contribution in [1.82, 2.24) is 20.0 Å². The fourth-order valence-electron chi connectivity index (χ4n) is 1.61. The van der Waals surface area contributed by atoms with Crippen molar-refractivity contribution in [3.8, 4) is 0 Å². The third-order valence-corrected chi connectivity index (χ3v) is 2.54. The molecule has 0 spiro atoms.